The normalized spacial score (nSPS) is 14.2. The van der Waals surface area contributed by atoms with E-state index in [-0.39, 0.29) is 17.3 Å². The van der Waals surface area contributed by atoms with Crippen molar-refractivity contribution < 1.29 is 28.2 Å². The highest BCUT2D eigenvalue weighted by Crippen LogP contribution is 2.30. The molecule has 3 aromatic carbocycles. The number of aryl methyl sites for hydroxylation is 1. The summed E-state index contributed by atoms with van der Waals surface area (Å²) in [6.07, 6.45) is 1.52. The van der Waals surface area contributed by atoms with Gasteiger partial charge in [-0.2, -0.15) is 0 Å². The maximum atomic E-state index is 13.1. The summed E-state index contributed by atoms with van der Waals surface area (Å²) in [6, 6.07) is 17.4. The molecule has 160 valence electrons. The van der Waals surface area contributed by atoms with Gasteiger partial charge in [0.1, 0.15) is 5.82 Å². The Bertz CT molecular complexity index is 1260. The SMILES string of the molecule is COc1cc(C=C2N=C(c3ccc(F)cc3)OC2=O)ccc1OC(=O)c1ccccc1C. The second kappa shape index (κ2) is 8.85. The molecular weight excluding hydrogens is 413 g/mol. The molecule has 0 bridgehead atoms. The van der Waals surface area contributed by atoms with Crippen LogP contribution in [0.25, 0.3) is 6.08 Å². The third-order valence-electron chi connectivity index (χ3n) is 4.77. The van der Waals surface area contributed by atoms with Gasteiger partial charge >= 0.3 is 11.9 Å². The number of ether oxygens (including phenoxy) is 3. The van der Waals surface area contributed by atoms with E-state index in [4.69, 9.17) is 14.2 Å². The molecule has 0 N–H and O–H groups in total. The molecule has 0 aliphatic carbocycles. The van der Waals surface area contributed by atoms with E-state index in [1.54, 1.807) is 30.3 Å². The van der Waals surface area contributed by atoms with Crippen LogP contribution in [0, 0.1) is 12.7 Å². The zero-order valence-corrected chi connectivity index (χ0v) is 17.3. The lowest BCUT2D eigenvalue weighted by Crippen LogP contribution is -2.10. The Labute approximate surface area is 183 Å². The van der Waals surface area contributed by atoms with Crippen molar-refractivity contribution in [3.05, 3.63) is 100 Å². The molecule has 7 heteroatoms. The smallest absolute Gasteiger partial charge is 0.363 e. The maximum absolute atomic E-state index is 13.1. The molecule has 0 fully saturated rings. The van der Waals surface area contributed by atoms with Crippen LogP contribution in [-0.2, 0) is 9.53 Å². The molecule has 0 aromatic heterocycles. The van der Waals surface area contributed by atoms with E-state index in [1.165, 1.54) is 37.5 Å². The van der Waals surface area contributed by atoms with Gasteiger partial charge in [0.2, 0.25) is 5.90 Å². The molecule has 6 nitrogen and oxygen atoms in total. The molecule has 0 saturated carbocycles. The average Bonchev–Trinajstić information content (AvgIpc) is 3.15. The number of carbonyl (C=O) groups excluding carboxylic acids is 2. The van der Waals surface area contributed by atoms with Gasteiger partial charge in [-0.05, 0) is 66.6 Å². The van der Waals surface area contributed by atoms with Crippen LogP contribution in [0.15, 0.2) is 77.4 Å². The third-order valence-corrected chi connectivity index (χ3v) is 4.77. The molecule has 1 aliphatic heterocycles. The van der Waals surface area contributed by atoms with Gasteiger partial charge in [0, 0.05) is 5.56 Å². The number of methoxy groups -OCH3 is 1. The molecule has 0 spiro atoms. The summed E-state index contributed by atoms with van der Waals surface area (Å²) in [6.45, 7) is 1.82. The van der Waals surface area contributed by atoms with Crippen molar-refractivity contribution >= 4 is 23.9 Å². The Balaban J connectivity index is 1.58. The van der Waals surface area contributed by atoms with Crippen LogP contribution in [0.5, 0.6) is 11.5 Å². The van der Waals surface area contributed by atoms with Crippen molar-refractivity contribution in [3.8, 4) is 11.5 Å². The van der Waals surface area contributed by atoms with E-state index >= 15 is 0 Å². The third kappa shape index (κ3) is 4.41. The number of cyclic esters (lactones) is 1. The summed E-state index contributed by atoms with van der Waals surface area (Å²) < 4.78 is 29.1. The zero-order valence-electron chi connectivity index (χ0n) is 17.3. The number of carbonyl (C=O) groups is 2. The average molecular weight is 431 g/mol. The van der Waals surface area contributed by atoms with Crippen LogP contribution in [-0.4, -0.2) is 24.9 Å². The molecule has 32 heavy (non-hydrogen) atoms. The predicted octanol–water partition coefficient (Wildman–Crippen LogP) is 4.71. The Morgan fingerprint density at radius 1 is 1.03 bits per heavy atom. The van der Waals surface area contributed by atoms with Crippen molar-refractivity contribution in [2.75, 3.05) is 7.11 Å². The molecule has 0 saturated heterocycles. The van der Waals surface area contributed by atoms with E-state index in [2.05, 4.69) is 4.99 Å². The Kier molecular flexibility index (Phi) is 5.81. The number of nitrogens with zero attached hydrogens (tertiary/aromatic N) is 1. The fourth-order valence-electron chi connectivity index (χ4n) is 3.10. The van der Waals surface area contributed by atoms with Crippen LogP contribution in [0.2, 0.25) is 0 Å². The fourth-order valence-corrected chi connectivity index (χ4v) is 3.10. The van der Waals surface area contributed by atoms with Gasteiger partial charge in [0.25, 0.3) is 0 Å². The highest BCUT2D eigenvalue weighted by atomic mass is 19.1. The second-order valence-electron chi connectivity index (χ2n) is 6.96. The quantitative estimate of drug-likeness (QED) is 0.332. The van der Waals surface area contributed by atoms with Gasteiger partial charge in [0.15, 0.2) is 17.2 Å². The number of aliphatic imine (C=N–C) groups is 1. The largest absolute Gasteiger partial charge is 0.493 e. The van der Waals surface area contributed by atoms with Crippen molar-refractivity contribution in [3.63, 3.8) is 0 Å². The maximum Gasteiger partial charge on any atom is 0.363 e. The lowest BCUT2D eigenvalue weighted by molar-refractivity contribution is -0.129. The van der Waals surface area contributed by atoms with Gasteiger partial charge in [0.05, 0.1) is 12.7 Å². The molecule has 0 unspecified atom stereocenters. The highest BCUT2D eigenvalue weighted by molar-refractivity contribution is 6.12. The highest BCUT2D eigenvalue weighted by Gasteiger charge is 2.24. The molecule has 1 heterocycles. The minimum absolute atomic E-state index is 0.0797. The number of benzene rings is 3. The van der Waals surface area contributed by atoms with Gasteiger partial charge in [-0.1, -0.05) is 24.3 Å². The van der Waals surface area contributed by atoms with Gasteiger partial charge < -0.3 is 14.2 Å². The molecule has 0 amide bonds. The van der Waals surface area contributed by atoms with E-state index < -0.39 is 17.8 Å². The Morgan fingerprint density at radius 2 is 1.78 bits per heavy atom. The molecule has 0 atom stereocenters. The monoisotopic (exact) mass is 431 g/mol. The van der Waals surface area contributed by atoms with Gasteiger partial charge in [-0.3, -0.25) is 0 Å². The van der Waals surface area contributed by atoms with Crippen molar-refractivity contribution in [2.45, 2.75) is 6.92 Å². The first-order chi connectivity index (χ1) is 15.4. The summed E-state index contributed by atoms with van der Waals surface area (Å²) in [7, 11) is 1.45. The lowest BCUT2D eigenvalue weighted by atomic mass is 10.1. The molecule has 3 aromatic rings. The minimum Gasteiger partial charge on any atom is -0.493 e. The van der Waals surface area contributed by atoms with E-state index in [0.29, 0.717) is 22.4 Å². The lowest BCUT2D eigenvalue weighted by Gasteiger charge is -2.11. The molecule has 4 rings (SSSR count). The van der Waals surface area contributed by atoms with Crippen LogP contribution in [0.4, 0.5) is 4.39 Å². The van der Waals surface area contributed by atoms with Gasteiger partial charge in [-0.25, -0.2) is 19.0 Å². The first kappa shape index (κ1) is 21.0. The number of rotatable bonds is 5. The molecule has 0 radical (unpaired) electrons. The van der Waals surface area contributed by atoms with Gasteiger partial charge in [-0.15, -0.1) is 0 Å². The summed E-state index contributed by atoms with van der Waals surface area (Å²) in [5.41, 5.74) is 2.41. The Morgan fingerprint density at radius 3 is 2.50 bits per heavy atom. The summed E-state index contributed by atoms with van der Waals surface area (Å²) in [5, 5.41) is 0. The van der Waals surface area contributed by atoms with Crippen molar-refractivity contribution in [1.82, 2.24) is 0 Å². The van der Waals surface area contributed by atoms with Crippen LogP contribution in [0.3, 0.4) is 0 Å². The number of halogens is 1. The predicted molar refractivity (Wildman–Crippen MR) is 116 cm³/mol. The second-order valence-corrected chi connectivity index (χ2v) is 6.96. The van der Waals surface area contributed by atoms with Crippen LogP contribution >= 0.6 is 0 Å². The van der Waals surface area contributed by atoms with E-state index in [1.807, 2.05) is 19.1 Å². The van der Waals surface area contributed by atoms with Crippen molar-refractivity contribution in [1.29, 1.82) is 0 Å². The Hall–Kier alpha value is -4.26. The zero-order chi connectivity index (χ0) is 22.7. The van der Waals surface area contributed by atoms with Crippen LogP contribution < -0.4 is 9.47 Å². The number of esters is 2. The van der Waals surface area contributed by atoms with E-state index in [9.17, 15) is 14.0 Å². The van der Waals surface area contributed by atoms with Crippen molar-refractivity contribution in [2.24, 2.45) is 4.99 Å². The number of hydrogen-bond acceptors (Lipinski definition) is 6. The van der Waals surface area contributed by atoms with E-state index in [0.717, 1.165) is 5.56 Å². The molecular formula is C25H18FNO5. The molecule has 1 aliphatic rings. The summed E-state index contributed by atoms with van der Waals surface area (Å²) in [4.78, 5) is 28.9. The fraction of sp³-hybridized carbons (Fsp3) is 0.0800. The number of hydrogen-bond donors (Lipinski definition) is 0. The standard InChI is InChI=1S/C25H18FNO5/c1-15-5-3-4-6-19(15)24(28)31-21-12-7-16(14-22(21)30-2)13-20-25(29)32-23(27-20)17-8-10-18(26)11-9-17/h3-14H,1-2H3. The minimum atomic E-state index is -0.627. The first-order valence-electron chi connectivity index (χ1n) is 9.69. The topological polar surface area (TPSA) is 74.2 Å². The first-order valence-corrected chi connectivity index (χ1v) is 9.69. The van der Waals surface area contributed by atoms with Crippen LogP contribution in [0.1, 0.15) is 27.0 Å². The summed E-state index contributed by atoms with van der Waals surface area (Å²) >= 11 is 0. The summed E-state index contributed by atoms with van der Waals surface area (Å²) in [5.74, 6) is -0.872.